The summed E-state index contributed by atoms with van der Waals surface area (Å²) in [5, 5.41) is 0. The van der Waals surface area contributed by atoms with Crippen molar-refractivity contribution in [2.75, 3.05) is 26.4 Å². The minimum atomic E-state index is -0.394. The number of esters is 2. The monoisotopic (exact) mass is 508 g/mol. The van der Waals surface area contributed by atoms with E-state index in [-0.39, 0.29) is 26.4 Å². The molecule has 0 heterocycles. The molecule has 2 rings (SSSR count). The summed E-state index contributed by atoms with van der Waals surface area (Å²) in [4.78, 5) is 23.9. The number of ether oxygens (including phenoxy) is 4. The molecule has 0 atom stereocenters. The molecule has 0 aliphatic rings. The van der Waals surface area contributed by atoms with Gasteiger partial charge < -0.3 is 18.9 Å². The van der Waals surface area contributed by atoms with E-state index in [0.29, 0.717) is 11.5 Å². The van der Waals surface area contributed by atoms with Gasteiger partial charge in [0, 0.05) is 0 Å². The van der Waals surface area contributed by atoms with Crippen molar-refractivity contribution < 1.29 is 28.5 Å². The molecule has 0 N–H and O–H groups in total. The number of carbonyl (C=O) groups is 2. The number of rotatable bonds is 12. The van der Waals surface area contributed by atoms with Gasteiger partial charge in [-0.25, -0.2) is 9.59 Å². The van der Waals surface area contributed by atoms with Crippen LogP contribution in [-0.2, 0) is 25.5 Å². The summed E-state index contributed by atoms with van der Waals surface area (Å²) in [6.45, 7) is 16.0. The van der Waals surface area contributed by atoms with Crippen LogP contribution in [0, 0.1) is 27.7 Å². The first-order valence-electron chi connectivity index (χ1n) is 12.5. The maximum Gasteiger partial charge on any atom is 0.344 e. The highest BCUT2D eigenvalue weighted by Gasteiger charge is 2.13. The van der Waals surface area contributed by atoms with Gasteiger partial charge in [-0.3, -0.25) is 0 Å². The molecule has 0 aliphatic heterocycles. The second-order valence-electron chi connectivity index (χ2n) is 9.80. The third-order valence-corrected chi connectivity index (χ3v) is 5.59. The van der Waals surface area contributed by atoms with Crippen molar-refractivity contribution in [1.29, 1.82) is 0 Å². The van der Waals surface area contributed by atoms with E-state index >= 15 is 0 Å². The van der Waals surface area contributed by atoms with Crippen LogP contribution in [0.4, 0.5) is 0 Å². The minimum Gasteiger partial charge on any atom is -0.481 e. The molecule has 0 fully saturated rings. The lowest BCUT2D eigenvalue weighted by Crippen LogP contribution is -2.16. The molecule has 0 amide bonds. The quantitative estimate of drug-likeness (QED) is 0.248. The average molecular weight is 509 g/mol. The van der Waals surface area contributed by atoms with Gasteiger partial charge in [0.25, 0.3) is 0 Å². The van der Waals surface area contributed by atoms with E-state index in [9.17, 15) is 9.59 Å². The minimum absolute atomic E-state index is 0.125. The summed E-state index contributed by atoms with van der Waals surface area (Å²) in [5.41, 5.74) is 8.34. The molecule has 0 aromatic heterocycles. The first-order valence-corrected chi connectivity index (χ1v) is 12.5. The highest BCUT2D eigenvalue weighted by atomic mass is 16.6. The van der Waals surface area contributed by atoms with Crippen LogP contribution in [0.25, 0.3) is 0 Å². The highest BCUT2D eigenvalue weighted by Crippen LogP contribution is 2.29. The number of hydrogen-bond donors (Lipinski definition) is 0. The summed E-state index contributed by atoms with van der Waals surface area (Å²) in [6.07, 6.45) is 4.44. The molecule has 6 heteroatoms. The number of aryl methyl sites for hydroxylation is 4. The van der Waals surface area contributed by atoms with Gasteiger partial charge >= 0.3 is 11.9 Å². The Morgan fingerprint density at radius 3 is 1.24 bits per heavy atom. The van der Waals surface area contributed by atoms with Crippen molar-refractivity contribution in [2.45, 2.75) is 61.8 Å². The number of carbonyl (C=O) groups excluding carboxylic acids is 2. The third kappa shape index (κ3) is 10.2. The van der Waals surface area contributed by atoms with Crippen LogP contribution in [0.1, 0.15) is 61.1 Å². The van der Waals surface area contributed by atoms with Crippen LogP contribution in [-0.4, -0.2) is 38.4 Å². The van der Waals surface area contributed by atoms with E-state index in [0.717, 1.165) is 50.9 Å². The van der Waals surface area contributed by atoms with Gasteiger partial charge in [0.1, 0.15) is 24.7 Å². The molecule has 37 heavy (non-hydrogen) atoms. The van der Waals surface area contributed by atoms with Crippen LogP contribution >= 0.6 is 0 Å². The van der Waals surface area contributed by atoms with Crippen LogP contribution in [0.2, 0.25) is 0 Å². The van der Waals surface area contributed by atoms with Crippen molar-refractivity contribution in [2.24, 2.45) is 0 Å². The molecule has 0 spiro atoms. The van der Waals surface area contributed by atoms with Gasteiger partial charge in [0.15, 0.2) is 13.2 Å². The summed E-state index contributed by atoms with van der Waals surface area (Å²) >= 11 is 0. The lowest BCUT2D eigenvalue weighted by Gasteiger charge is -2.16. The lowest BCUT2D eigenvalue weighted by molar-refractivity contribution is -0.145. The zero-order valence-electron chi connectivity index (χ0n) is 23.4. The zero-order chi connectivity index (χ0) is 27.5. The van der Waals surface area contributed by atoms with E-state index in [1.54, 1.807) is 0 Å². The van der Waals surface area contributed by atoms with Crippen molar-refractivity contribution in [3.05, 3.63) is 80.9 Å². The van der Waals surface area contributed by atoms with Crippen molar-refractivity contribution >= 4 is 11.9 Å². The van der Waals surface area contributed by atoms with Crippen LogP contribution < -0.4 is 9.47 Å². The molecule has 2 aromatic carbocycles. The molecule has 6 nitrogen and oxygen atoms in total. The molecule has 0 radical (unpaired) electrons. The Labute approximate surface area is 221 Å². The predicted octanol–water partition coefficient (Wildman–Crippen LogP) is 6.29. The molecule has 2 aromatic rings. The first-order chi connectivity index (χ1) is 17.5. The van der Waals surface area contributed by atoms with E-state index < -0.39 is 11.9 Å². The Bertz CT molecular complexity index is 1030. The van der Waals surface area contributed by atoms with Crippen LogP contribution in [0.15, 0.2) is 47.6 Å². The van der Waals surface area contributed by atoms with Crippen LogP contribution in [0.5, 0.6) is 11.5 Å². The summed E-state index contributed by atoms with van der Waals surface area (Å²) in [6, 6.07) is 8.31. The Balaban J connectivity index is 2.01. The van der Waals surface area contributed by atoms with Gasteiger partial charge in [-0.15, -0.1) is 0 Å². The second-order valence-corrected chi connectivity index (χ2v) is 9.80. The van der Waals surface area contributed by atoms with Gasteiger partial charge in [-0.05, 0) is 107 Å². The lowest BCUT2D eigenvalue weighted by atomic mass is 9.97. The first kappa shape index (κ1) is 29.7. The SMILES string of the molecule is CC(C)=CCOC(=O)COc1c(C)cc(Cc2cc(C)c(OCC(=O)OCC=C(C)C)c(C)c2)cc1C. The summed E-state index contributed by atoms with van der Waals surface area (Å²) in [5.74, 6) is 0.621. The average Bonchev–Trinajstić information content (AvgIpc) is 2.77. The number of hydrogen-bond acceptors (Lipinski definition) is 6. The normalized spacial score (nSPS) is 10.4. The molecular formula is C31H40O6. The fraction of sp³-hybridized carbons (Fsp3) is 0.419. The maximum absolute atomic E-state index is 12.0. The van der Waals surface area contributed by atoms with Crippen molar-refractivity contribution in [3.8, 4) is 11.5 Å². The van der Waals surface area contributed by atoms with Gasteiger partial charge in [-0.2, -0.15) is 0 Å². The molecule has 200 valence electrons. The number of benzene rings is 2. The number of allylic oxidation sites excluding steroid dienone is 2. The van der Waals surface area contributed by atoms with Crippen LogP contribution in [0.3, 0.4) is 0 Å². The molecule has 0 bridgehead atoms. The topological polar surface area (TPSA) is 71.1 Å². The van der Waals surface area contributed by atoms with Gasteiger partial charge in [0.05, 0.1) is 0 Å². The largest absolute Gasteiger partial charge is 0.481 e. The van der Waals surface area contributed by atoms with E-state index in [2.05, 4.69) is 24.3 Å². The van der Waals surface area contributed by atoms with Gasteiger partial charge in [0.2, 0.25) is 0 Å². The smallest absolute Gasteiger partial charge is 0.344 e. The van der Waals surface area contributed by atoms with Gasteiger partial charge in [-0.1, -0.05) is 35.4 Å². The Morgan fingerprint density at radius 1 is 0.622 bits per heavy atom. The molecule has 0 aliphatic carbocycles. The van der Waals surface area contributed by atoms with E-state index in [1.165, 1.54) is 0 Å². The van der Waals surface area contributed by atoms with E-state index in [4.69, 9.17) is 18.9 Å². The Hall–Kier alpha value is -3.54. The highest BCUT2D eigenvalue weighted by molar-refractivity contribution is 5.72. The fourth-order valence-corrected chi connectivity index (χ4v) is 3.92. The fourth-order valence-electron chi connectivity index (χ4n) is 3.92. The molecule has 0 saturated heterocycles. The molecule has 0 saturated carbocycles. The Morgan fingerprint density at radius 2 is 0.946 bits per heavy atom. The summed E-state index contributed by atoms with van der Waals surface area (Å²) < 4.78 is 21.9. The molecule has 0 unspecified atom stereocenters. The summed E-state index contributed by atoms with van der Waals surface area (Å²) in [7, 11) is 0. The Kier molecular flexibility index (Phi) is 11.4. The zero-order valence-corrected chi connectivity index (χ0v) is 23.4. The third-order valence-electron chi connectivity index (χ3n) is 5.59. The maximum atomic E-state index is 12.0. The van der Waals surface area contributed by atoms with Crippen molar-refractivity contribution in [1.82, 2.24) is 0 Å². The second kappa shape index (κ2) is 14.3. The van der Waals surface area contributed by atoms with Crippen molar-refractivity contribution in [3.63, 3.8) is 0 Å². The standard InChI is InChI=1S/C31H40O6/c1-20(2)9-11-34-28(32)18-36-30-22(5)13-26(14-23(30)6)17-27-15-24(7)31(25(8)16-27)37-19-29(33)35-12-10-21(3)4/h9-10,13-16H,11-12,17-19H2,1-8H3. The predicted molar refractivity (Wildman–Crippen MR) is 146 cm³/mol. The molecular weight excluding hydrogens is 468 g/mol. The van der Waals surface area contributed by atoms with E-state index in [1.807, 2.05) is 67.5 Å².